The average molecular weight is 218 g/mol. The van der Waals surface area contributed by atoms with Crippen LogP contribution in [0.4, 0.5) is 0 Å². The summed E-state index contributed by atoms with van der Waals surface area (Å²) >= 11 is 0. The molecule has 0 spiro atoms. The average Bonchev–Trinajstić information content (AvgIpc) is 2.33. The van der Waals surface area contributed by atoms with Crippen LogP contribution in [0.3, 0.4) is 0 Å². The summed E-state index contributed by atoms with van der Waals surface area (Å²) in [5.41, 5.74) is -0.387. The minimum absolute atomic E-state index is 0.185. The van der Waals surface area contributed by atoms with E-state index in [4.69, 9.17) is 0 Å². The van der Waals surface area contributed by atoms with Gasteiger partial charge in [0.15, 0.2) is 11.4 Å². The number of rotatable bonds is 2. The van der Waals surface area contributed by atoms with Crippen LogP contribution in [0.25, 0.3) is 0 Å². The van der Waals surface area contributed by atoms with E-state index < -0.39 is 11.4 Å². The molecule has 1 aliphatic rings. The van der Waals surface area contributed by atoms with Crippen molar-refractivity contribution < 1.29 is 14.7 Å². The molecule has 3 heteroatoms. The highest BCUT2D eigenvalue weighted by molar-refractivity contribution is 6.18. The van der Waals surface area contributed by atoms with Crippen molar-refractivity contribution in [3.05, 3.63) is 35.4 Å². The lowest BCUT2D eigenvalue weighted by atomic mass is 9.76. The molecule has 16 heavy (non-hydrogen) atoms. The molecule has 1 aromatic carbocycles. The van der Waals surface area contributed by atoms with E-state index in [1.54, 1.807) is 19.1 Å². The summed E-state index contributed by atoms with van der Waals surface area (Å²) in [6.07, 6.45) is 0.962. The maximum atomic E-state index is 12.1. The molecule has 0 heterocycles. The quantitative estimate of drug-likeness (QED) is 0.766. The van der Waals surface area contributed by atoms with Gasteiger partial charge in [0.25, 0.3) is 0 Å². The van der Waals surface area contributed by atoms with E-state index in [-0.39, 0.29) is 18.6 Å². The van der Waals surface area contributed by atoms with Crippen molar-refractivity contribution in [3.8, 4) is 0 Å². The van der Waals surface area contributed by atoms with E-state index in [2.05, 4.69) is 0 Å². The Kier molecular flexibility index (Phi) is 2.64. The van der Waals surface area contributed by atoms with Gasteiger partial charge in [-0.2, -0.15) is 0 Å². The number of aliphatic hydroxyl groups is 1. The molecule has 0 radical (unpaired) electrons. The Bertz CT molecular complexity index is 450. The second-order valence-corrected chi connectivity index (χ2v) is 4.12. The number of ketones is 2. The zero-order valence-electron chi connectivity index (χ0n) is 9.19. The Labute approximate surface area is 94.1 Å². The number of fused-ring (bicyclic) bond motifs is 1. The summed E-state index contributed by atoms with van der Waals surface area (Å²) in [5, 5.41) is 10.2. The van der Waals surface area contributed by atoms with Crippen molar-refractivity contribution in [1.82, 2.24) is 0 Å². The van der Waals surface area contributed by atoms with Crippen LogP contribution in [0.1, 0.15) is 35.7 Å². The smallest absolute Gasteiger partial charge is 0.202 e. The highest BCUT2D eigenvalue weighted by Crippen LogP contribution is 2.30. The number of Topliss-reactive ketones (excluding diaryl/α,β-unsaturated/α-hetero) is 2. The zero-order valence-corrected chi connectivity index (χ0v) is 9.19. The van der Waals surface area contributed by atoms with Gasteiger partial charge in [-0.25, -0.2) is 0 Å². The van der Waals surface area contributed by atoms with Gasteiger partial charge in [0.1, 0.15) is 0 Å². The van der Waals surface area contributed by atoms with Gasteiger partial charge < -0.3 is 5.11 Å². The van der Waals surface area contributed by atoms with Gasteiger partial charge in [-0.15, -0.1) is 0 Å². The highest BCUT2D eigenvalue weighted by Gasteiger charge is 2.45. The summed E-state index contributed by atoms with van der Waals surface area (Å²) in [4.78, 5) is 23.7. The van der Waals surface area contributed by atoms with Crippen molar-refractivity contribution in [2.45, 2.75) is 31.8 Å². The topological polar surface area (TPSA) is 54.4 Å². The zero-order chi connectivity index (χ0) is 11.8. The Hall–Kier alpha value is -1.48. The molecule has 1 unspecified atom stereocenters. The molecule has 0 aliphatic heterocycles. The molecule has 1 N–H and O–H groups in total. The summed E-state index contributed by atoms with van der Waals surface area (Å²) in [7, 11) is 0. The van der Waals surface area contributed by atoms with E-state index in [0.717, 1.165) is 5.56 Å². The van der Waals surface area contributed by atoms with E-state index in [0.29, 0.717) is 12.0 Å². The lowest BCUT2D eigenvalue weighted by Gasteiger charge is -2.30. The van der Waals surface area contributed by atoms with Gasteiger partial charge in [0.05, 0.1) is 0 Å². The predicted octanol–water partition coefficient (Wildman–Crippen LogP) is 1.53. The predicted molar refractivity (Wildman–Crippen MR) is 59.3 cm³/mol. The van der Waals surface area contributed by atoms with E-state index >= 15 is 0 Å². The van der Waals surface area contributed by atoms with E-state index in [1.165, 1.54) is 0 Å². The molecular weight excluding hydrogens is 204 g/mol. The van der Waals surface area contributed by atoms with Crippen LogP contribution in [0.2, 0.25) is 0 Å². The molecule has 1 aliphatic carbocycles. The van der Waals surface area contributed by atoms with Gasteiger partial charge in [-0.1, -0.05) is 31.2 Å². The summed E-state index contributed by atoms with van der Waals surface area (Å²) in [6.45, 7) is 1.66. The van der Waals surface area contributed by atoms with Gasteiger partial charge in [-0.05, 0) is 18.4 Å². The largest absolute Gasteiger partial charge is 0.374 e. The van der Waals surface area contributed by atoms with Crippen LogP contribution in [0, 0.1) is 0 Å². The maximum absolute atomic E-state index is 12.1. The highest BCUT2D eigenvalue weighted by atomic mass is 16.3. The molecule has 0 fully saturated rings. The minimum Gasteiger partial charge on any atom is -0.374 e. The second kappa shape index (κ2) is 3.83. The number of carbonyl (C=O) groups is 2. The van der Waals surface area contributed by atoms with Crippen LogP contribution in [0.5, 0.6) is 0 Å². The van der Waals surface area contributed by atoms with Crippen LogP contribution in [-0.2, 0) is 11.2 Å². The molecule has 0 saturated heterocycles. The molecule has 0 aromatic heterocycles. The molecule has 84 valence electrons. The van der Waals surface area contributed by atoms with Crippen molar-refractivity contribution >= 4 is 11.6 Å². The summed E-state index contributed by atoms with van der Waals surface area (Å²) in [5.74, 6) is -0.826. The molecule has 1 aromatic rings. The van der Waals surface area contributed by atoms with Gasteiger partial charge in [-0.3, -0.25) is 9.59 Å². The monoisotopic (exact) mass is 218 g/mol. The van der Waals surface area contributed by atoms with Crippen molar-refractivity contribution in [2.24, 2.45) is 0 Å². The van der Waals surface area contributed by atoms with Crippen molar-refractivity contribution in [1.29, 1.82) is 0 Å². The molecule has 0 saturated carbocycles. The Morgan fingerprint density at radius 3 is 2.81 bits per heavy atom. The van der Waals surface area contributed by atoms with Gasteiger partial charge >= 0.3 is 0 Å². The van der Waals surface area contributed by atoms with Crippen LogP contribution in [-0.4, -0.2) is 22.3 Å². The number of benzene rings is 1. The van der Waals surface area contributed by atoms with Crippen molar-refractivity contribution in [2.75, 3.05) is 0 Å². The lowest BCUT2D eigenvalue weighted by molar-refractivity contribution is -0.133. The molecule has 3 nitrogen and oxygen atoms in total. The second-order valence-electron chi connectivity index (χ2n) is 4.12. The fourth-order valence-corrected chi connectivity index (χ4v) is 2.17. The SMILES string of the molecule is CCC(=O)C1(O)CCc2ccccc2C1=O. The fraction of sp³-hybridized carbons (Fsp3) is 0.385. The molecular formula is C13H14O3. The number of aryl methyl sites for hydroxylation is 1. The third-order valence-corrected chi connectivity index (χ3v) is 3.18. The normalized spacial score (nSPS) is 24.0. The Morgan fingerprint density at radius 2 is 2.12 bits per heavy atom. The number of hydrogen-bond acceptors (Lipinski definition) is 3. The van der Waals surface area contributed by atoms with Gasteiger partial charge in [0, 0.05) is 12.0 Å². The minimum atomic E-state index is -1.79. The first-order valence-corrected chi connectivity index (χ1v) is 5.48. The molecule has 0 amide bonds. The third-order valence-electron chi connectivity index (χ3n) is 3.18. The number of hydrogen-bond donors (Lipinski definition) is 1. The third kappa shape index (κ3) is 1.48. The van der Waals surface area contributed by atoms with Crippen LogP contribution < -0.4 is 0 Å². The molecule has 2 rings (SSSR count). The number of carbonyl (C=O) groups excluding carboxylic acids is 2. The Balaban J connectivity index is 2.45. The van der Waals surface area contributed by atoms with Crippen molar-refractivity contribution in [3.63, 3.8) is 0 Å². The first kappa shape index (κ1) is 11.0. The van der Waals surface area contributed by atoms with E-state index in [1.807, 2.05) is 12.1 Å². The Morgan fingerprint density at radius 1 is 1.44 bits per heavy atom. The molecule has 0 bridgehead atoms. The van der Waals surface area contributed by atoms with Gasteiger partial charge in [0.2, 0.25) is 5.78 Å². The lowest BCUT2D eigenvalue weighted by Crippen LogP contribution is -2.49. The van der Waals surface area contributed by atoms with E-state index in [9.17, 15) is 14.7 Å². The first-order valence-electron chi connectivity index (χ1n) is 5.48. The summed E-state index contributed by atoms with van der Waals surface area (Å²) < 4.78 is 0. The first-order chi connectivity index (χ1) is 7.59. The van der Waals surface area contributed by atoms with Crippen LogP contribution >= 0.6 is 0 Å². The summed E-state index contributed by atoms with van der Waals surface area (Å²) in [6, 6.07) is 7.14. The van der Waals surface area contributed by atoms with Crippen LogP contribution in [0.15, 0.2) is 24.3 Å². The standard InChI is InChI=1S/C13H14O3/c1-2-11(14)13(16)8-7-9-5-3-4-6-10(9)12(13)15/h3-6,16H,2,7-8H2,1H3. The fourth-order valence-electron chi connectivity index (χ4n) is 2.17. The maximum Gasteiger partial charge on any atom is 0.202 e. The molecule has 1 atom stereocenters.